The van der Waals surface area contributed by atoms with Crippen molar-refractivity contribution >= 4 is 11.6 Å². The fraction of sp³-hybridized carbons (Fsp3) is 0.231. The highest BCUT2D eigenvalue weighted by molar-refractivity contribution is 6.30. The van der Waals surface area contributed by atoms with Crippen LogP contribution in [0.5, 0.6) is 11.6 Å². The van der Waals surface area contributed by atoms with Gasteiger partial charge in [0.2, 0.25) is 5.88 Å². The highest BCUT2D eigenvalue weighted by Gasteiger charge is 2.10. The van der Waals surface area contributed by atoms with Crippen molar-refractivity contribution in [3.05, 3.63) is 46.4 Å². The second-order valence-corrected chi connectivity index (χ2v) is 4.40. The van der Waals surface area contributed by atoms with E-state index in [-0.39, 0.29) is 6.61 Å². The molecule has 0 aliphatic heterocycles. The van der Waals surface area contributed by atoms with Crippen LogP contribution in [0.4, 0.5) is 0 Å². The number of nitrogens with zero attached hydrogens (tertiary/aromatic N) is 2. The van der Waals surface area contributed by atoms with Crippen LogP contribution in [0.3, 0.4) is 0 Å². The molecule has 0 unspecified atom stereocenters. The molecule has 5 heteroatoms. The van der Waals surface area contributed by atoms with Gasteiger partial charge >= 0.3 is 0 Å². The van der Waals surface area contributed by atoms with Crippen LogP contribution in [0.1, 0.15) is 16.8 Å². The first kappa shape index (κ1) is 12.8. The SMILES string of the molecule is Cc1cc(C)c(CO)c(Oc2cncc(Cl)c2)n1. The molecule has 0 amide bonds. The third-order valence-electron chi connectivity index (χ3n) is 2.49. The van der Waals surface area contributed by atoms with Gasteiger partial charge in [-0.05, 0) is 25.5 Å². The van der Waals surface area contributed by atoms with Crippen LogP contribution in [-0.2, 0) is 6.61 Å². The maximum Gasteiger partial charge on any atom is 0.225 e. The Morgan fingerprint density at radius 2 is 2.06 bits per heavy atom. The van der Waals surface area contributed by atoms with Crippen molar-refractivity contribution in [1.82, 2.24) is 9.97 Å². The molecule has 0 bridgehead atoms. The average Bonchev–Trinajstić information content (AvgIpc) is 2.28. The van der Waals surface area contributed by atoms with Gasteiger partial charge in [0.1, 0.15) is 5.75 Å². The Bertz CT molecular complexity index is 573. The molecular weight excluding hydrogens is 252 g/mol. The van der Waals surface area contributed by atoms with Crippen LogP contribution in [0.2, 0.25) is 5.02 Å². The minimum Gasteiger partial charge on any atom is -0.437 e. The summed E-state index contributed by atoms with van der Waals surface area (Å²) in [7, 11) is 0. The molecule has 2 aromatic heterocycles. The molecular formula is C13H13ClN2O2. The summed E-state index contributed by atoms with van der Waals surface area (Å²) in [5.74, 6) is 0.883. The Kier molecular flexibility index (Phi) is 3.79. The van der Waals surface area contributed by atoms with Gasteiger partial charge in [-0.2, -0.15) is 0 Å². The summed E-state index contributed by atoms with van der Waals surface area (Å²) in [6, 6.07) is 3.55. The summed E-state index contributed by atoms with van der Waals surface area (Å²) in [5, 5.41) is 9.85. The van der Waals surface area contributed by atoms with Gasteiger partial charge in [-0.3, -0.25) is 4.98 Å². The monoisotopic (exact) mass is 264 g/mol. The quantitative estimate of drug-likeness (QED) is 0.926. The van der Waals surface area contributed by atoms with Crippen LogP contribution in [0.15, 0.2) is 24.5 Å². The standard InChI is InChI=1S/C13H13ClN2O2/c1-8-3-9(2)16-13(12(8)7-17)18-11-4-10(14)5-15-6-11/h3-6,17H,7H2,1-2H3. The summed E-state index contributed by atoms with van der Waals surface area (Å²) >= 11 is 5.83. The lowest BCUT2D eigenvalue weighted by molar-refractivity contribution is 0.274. The molecule has 94 valence electrons. The zero-order valence-electron chi connectivity index (χ0n) is 10.1. The number of pyridine rings is 2. The van der Waals surface area contributed by atoms with E-state index in [9.17, 15) is 5.11 Å². The third-order valence-corrected chi connectivity index (χ3v) is 2.70. The van der Waals surface area contributed by atoms with Crippen molar-refractivity contribution in [2.45, 2.75) is 20.5 Å². The van der Waals surface area contributed by atoms with Crippen molar-refractivity contribution in [2.24, 2.45) is 0 Å². The van der Waals surface area contributed by atoms with Crippen LogP contribution >= 0.6 is 11.6 Å². The number of hydrogen-bond acceptors (Lipinski definition) is 4. The fourth-order valence-electron chi connectivity index (χ4n) is 1.67. The number of rotatable bonds is 3. The predicted octanol–water partition coefficient (Wildman–Crippen LogP) is 3.03. The Labute approximate surface area is 110 Å². The molecule has 2 aromatic rings. The van der Waals surface area contributed by atoms with Crippen LogP contribution < -0.4 is 4.74 Å². The fourth-order valence-corrected chi connectivity index (χ4v) is 1.83. The zero-order chi connectivity index (χ0) is 13.1. The number of hydrogen-bond donors (Lipinski definition) is 1. The van der Waals surface area contributed by atoms with Crippen LogP contribution in [-0.4, -0.2) is 15.1 Å². The molecule has 1 N–H and O–H groups in total. The molecule has 2 heterocycles. The highest BCUT2D eigenvalue weighted by atomic mass is 35.5. The Morgan fingerprint density at radius 1 is 1.28 bits per heavy atom. The third kappa shape index (κ3) is 2.78. The van der Waals surface area contributed by atoms with Crippen LogP contribution in [0, 0.1) is 13.8 Å². The molecule has 0 aliphatic rings. The number of aliphatic hydroxyl groups excluding tert-OH is 1. The molecule has 0 saturated carbocycles. The lowest BCUT2D eigenvalue weighted by Gasteiger charge is -2.11. The molecule has 0 aliphatic carbocycles. The number of ether oxygens (including phenoxy) is 1. The largest absolute Gasteiger partial charge is 0.437 e. The average molecular weight is 265 g/mol. The van der Waals surface area contributed by atoms with Crippen LogP contribution in [0.25, 0.3) is 0 Å². The van der Waals surface area contributed by atoms with Crippen molar-refractivity contribution in [2.75, 3.05) is 0 Å². The predicted molar refractivity (Wildman–Crippen MR) is 69.0 cm³/mol. The normalized spacial score (nSPS) is 10.4. The molecule has 0 aromatic carbocycles. The van der Waals surface area contributed by atoms with Gasteiger partial charge in [0.15, 0.2) is 0 Å². The maximum atomic E-state index is 9.36. The Balaban J connectivity index is 2.39. The summed E-state index contributed by atoms with van der Waals surface area (Å²) < 4.78 is 5.62. The molecule has 18 heavy (non-hydrogen) atoms. The van der Waals surface area contributed by atoms with E-state index in [0.29, 0.717) is 22.2 Å². The topological polar surface area (TPSA) is 55.2 Å². The van der Waals surface area contributed by atoms with E-state index in [0.717, 1.165) is 11.3 Å². The van der Waals surface area contributed by atoms with Gasteiger partial charge in [0.05, 0.1) is 17.8 Å². The van der Waals surface area contributed by atoms with Gasteiger partial charge in [-0.1, -0.05) is 11.6 Å². The van der Waals surface area contributed by atoms with E-state index < -0.39 is 0 Å². The van der Waals surface area contributed by atoms with E-state index in [1.54, 1.807) is 12.3 Å². The molecule has 0 spiro atoms. The number of aromatic nitrogens is 2. The van der Waals surface area contributed by atoms with E-state index in [1.807, 2.05) is 19.9 Å². The van der Waals surface area contributed by atoms with Crippen molar-refractivity contribution < 1.29 is 9.84 Å². The molecule has 0 atom stereocenters. The second kappa shape index (κ2) is 5.33. The first-order chi connectivity index (χ1) is 8.60. The number of halogens is 1. The number of aliphatic hydroxyl groups is 1. The van der Waals surface area contributed by atoms with Gasteiger partial charge < -0.3 is 9.84 Å². The molecule has 2 rings (SSSR count). The minimum atomic E-state index is -0.123. The summed E-state index contributed by atoms with van der Waals surface area (Å²) in [5.41, 5.74) is 2.44. The smallest absolute Gasteiger partial charge is 0.225 e. The Morgan fingerprint density at radius 3 is 2.72 bits per heavy atom. The first-order valence-electron chi connectivity index (χ1n) is 5.46. The van der Waals surface area contributed by atoms with Crippen molar-refractivity contribution in [1.29, 1.82) is 0 Å². The summed E-state index contributed by atoms with van der Waals surface area (Å²) in [6.07, 6.45) is 3.07. The lowest BCUT2D eigenvalue weighted by Crippen LogP contribution is -2.00. The van der Waals surface area contributed by atoms with E-state index in [2.05, 4.69) is 9.97 Å². The van der Waals surface area contributed by atoms with Gasteiger partial charge in [0.25, 0.3) is 0 Å². The second-order valence-electron chi connectivity index (χ2n) is 3.96. The first-order valence-corrected chi connectivity index (χ1v) is 5.84. The summed E-state index contributed by atoms with van der Waals surface area (Å²) in [4.78, 5) is 8.21. The summed E-state index contributed by atoms with van der Waals surface area (Å²) in [6.45, 7) is 3.66. The van der Waals surface area contributed by atoms with Gasteiger partial charge in [-0.25, -0.2) is 4.98 Å². The van der Waals surface area contributed by atoms with Crippen molar-refractivity contribution in [3.63, 3.8) is 0 Å². The molecule has 0 radical (unpaired) electrons. The lowest BCUT2D eigenvalue weighted by atomic mass is 10.1. The van der Waals surface area contributed by atoms with Gasteiger partial charge in [-0.15, -0.1) is 0 Å². The Hall–Kier alpha value is -1.65. The minimum absolute atomic E-state index is 0.123. The van der Waals surface area contributed by atoms with Gasteiger partial charge in [0, 0.05) is 23.5 Å². The van der Waals surface area contributed by atoms with E-state index in [4.69, 9.17) is 16.3 Å². The molecule has 0 fully saturated rings. The van der Waals surface area contributed by atoms with Crippen molar-refractivity contribution in [3.8, 4) is 11.6 Å². The van der Waals surface area contributed by atoms with E-state index in [1.165, 1.54) is 6.20 Å². The molecule has 0 saturated heterocycles. The zero-order valence-corrected chi connectivity index (χ0v) is 10.9. The molecule has 4 nitrogen and oxygen atoms in total. The van der Waals surface area contributed by atoms with E-state index >= 15 is 0 Å². The maximum absolute atomic E-state index is 9.36. The number of aryl methyl sites for hydroxylation is 2. The highest BCUT2D eigenvalue weighted by Crippen LogP contribution is 2.27.